The van der Waals surface area contributed by atoms with Crippen LogP contribution >= 0.6 is 0 Å². The lowest BCUT2D eigenvalue weighted by atomic mass is 9.98. The van der Waals surface area contributed by atoms with Crippen molar-refractivity contribution in [3.8, 4) is 0 Å². The van der Waals surface area contributed by atoms with Crippen molar-refractivity contribution in [3.63, 3.8) is 0 Å². The number of rotatable bonds is 2. The van der Waals surface area contributed by atoms with E-state index in [1.807, 2.05) is 35.2 Å². The number of amides is 1. The molecule has 1 saturated heterocycles. The number of nitrogens with zero attached hydrogens (tertiary/aromatic N) is 4. The van der Waals surface area contributed by atoms with Gasteiger partial charge in [0.2, 0.25) is 0 Å². The third kappa shape index (κ3) is 3.06. The molecular weight excluding hydrogens is 324 g/mol. The normalized spacial score (nSPS) is 20.0. The second-order valence-corrected chi connectivity index (χ2v) is 7.37. The monoisotopic (exact) mass is 350 g/mol. The molecule has 2 aliphatic rings. The molecule has 0 unspecified atom stereocenters. The number of aromatic nitrogens is 2. The van der Waals surface area contributed by atoms with Crippen LogP contribution in [0.4, 0.5) is 5.82 Å². The fourth-order valence-corrected chi connectivity index (χ4v) is 4.15. The van der Waals surface area contributed by atoms with Gasteiger partial charge in [0, 0.05) is 37.0 Å². The average Bonchev–Trinajstić information content (AvgIpc) is 2.69. The first kappa shape index (κ1) is 17.0. The first-order valence-corrected chi connectivity index (χ1v) is 9.59. The smallest absolute Gasteiger partial charge is 0.254 e. The Morgan fingerprint density at radius 2 is 1.88 bits per heavy atom. The van der Waals surface area contributed by atoms with Crippen molar-refractivity contribution in [1.29, 1.82) is 0 Å². The van der Waals surface area contributed by atoms with Gasteiger partial charge in [-0.15, -0.1) is 0 Å². The van der Waals surface area contributed by atoms with Gasteiger partial charge in [0.15, 0.2) is 5.82 Å². The number of hydrogen-bond acceptors (Lipinski definition) is 4. The van der Waals surface area contributed by atoms with Gasteiger partial charge in [-0.3, -0.25) is 4.79 Å². The fraction of sp³-hybridized carbons (Fsp3) is 0.476. The lowest BCUT2D eigenvalue weighted by Gasteiger charge is -2.36. The highest BCUT2D eigenvalue weighted by atomic mass is 16.2. The molecule has 1 fully saturated rings. The Morgan fingerprint density at radius 1 is 1.08 bits per heavy atom. The van der Waals surface area contributed by atoms with Gasteiger partial charge in [0.05, 0.1) is 6.04 Å². The van der Waals surface area contributed by atoms with E-state index in [0.29, 0.717) is 0 Å². The minimum atomic E-state index is -0.0317. The summed E-state index contributed by atoms with van der Waals surface area (Å²) in [6, 6.07) is 9.52. The Bertz CT molecular complexity index is 805. The maximum Gasteiger partial charge on any atom is 0.254 e. The van der Waals surface area contributed by atoms with Crippen LogP contribution in [-0.2, 0) is 6.42 Å². The number of aryl methyl sites for hydroxylation is 1. The standard InChI is InChI=1S/C21H26N4O/c1-15-17-11-8-13-24(2)20(17)23-19(22-15)18-12-6-7-14-25(18)21(26)16-9-4-3-5-10-16/h3-5,9-10,18H,6-8,11-14H2,1-2H3/t18-/m0/s1. The Hall–Kier alpha value is -2.43. The zero-order valence-electron chi connectivity index (χ0n) is 15.6. The molecule has 0 bridgehead atoms. The quantitative estimate of drug-likeness (QED) is 0.831. The van der Waals surface area contributed by atoms with Crippen molar-refractivity contribution in [3.05, 3.63) is 53.0 Å². The second kappa shape index (κ2) is 7.06. The summed E-state index contributed by atoms with van der Waals surface area (Å²) in [7, 11) is 2.10. The Balaban J connectivity index is 1.70. The van der Waals surface area contributed by atoms with Crippen LogP contribution in [0.5, 0.6) is 0 Å². The van der Waals surface area contributed by atoms with Crippen LogP contribution in [-0.4, -0.2) is 40.9 Å². The van der Waals surface area contributed by atoms with E-state index < -0.39 is 0 Å². The van der Waals surface area contributed by atoms with Gasteiger partial charge in [-0.25, -0.2) is 9.97 Å². The van der Waals surface area contributed by atoms with Crippen LogP contribution in [0.3, 0.4) is 0 Å². The van der Waals surface area contributed by atoms with Gasteiger partial charge in [-0.05, 0) is 51.2 Å². The number of piperidine rings is 1. The molecule has 5 nitrogen and oxygen atoms in total. The van der Waals surface area contributed by atoms with Gasteiger partial charge >= 0.3 is 0 Å². The topological polar surface area (TPSA) is 49.3 Å². The highest BCUT2D eigenvalue weighted by Crippen LogP contribution is 2.33. The largest absolute Gasteiger partial charge is 0.359 e. The van der Waals surface area contributed by atoms with E-state index >= 15 is 0 Å². The predicted octanol–water partition coefficient (Wildman–Crippen LogP) is 3.53. The summed E-state index contributed by atoms with van der Waals surface area (Å²) in [6.07, 6.45) is 5.27. The van der Waals surface area contributed by atoms with E-state index in [0.717, 1.165) is 68.1 Å². The van der Waals surface area contributed by atoms with Crippen molar-refractivity contribution in [2.24, 2.45) is 0 Å². The number of benzene rings is 1. The minimum absolute atomic E-state index is 0.0317. The molecule has 0 radical (unpaired) electrons. The first-order chi connectivity index (χ1) is 12.6. The van der Waals surface area contributed by atoms with Gasteiger partial charge in [-0.1, -0.05) is 18.2 Å². The molecule has 3 heterocycles. The molecule has 5 heteroatoms. The van der Waals surface area contributed by atoms with Gasteiger partial charge in [-0.2, -0.15) is 0 Å². The molecule has 1 atom stereocenters. The molecule has 136 valence electrons. The number of anilines is 1. The summed E-state index contributed by atoms with van der Waals surface area (Å²) in [4.78, 5) is 27.0. The van der Waals surface area contributed by atoms with Crippen LogP contribution in [0.2, 0.25) is 0 Å². The second-order valence-electron chi connectivity index (χ2n) is 7.37. The summed E-state index contributed by atoms with van der Waals surface area (Å²) in [5, 5.41) is 0. The molecule has 4 rings (SSSR count). The Morgan fingerprint density at radius 3 is 2.69 bits per heavy atom. The molecule has 2 aliphatic heterocycles. The first-order valence-electron chi connectivity index (χ1n) is 9.59. The highest BCUT2D eigenvalue weighted by Gasteiger charge is 2.32. The van der Waals surface area contributed by atoms with E-state index in [9.17, 15) is 4.79 Å². The van der Waals surface area contributed by atoms with E-state index in [-0.39, 0.29) is 11.9 Å². The van der Waals surface area contributed by atoms with Crippen LogP contribution in [0.15, 0.2) is 30.3 Å². The summed E-state index contributed by atoms with van der Waals surface area (Å²) in [6.45, 7) is 3.88. The Kier molecular flexibility index (Phi) is 4.62. The molecule has 2 aromatic rings. The van der Waals surface area contributed by atoms with Crippen molar-refractivity contribution >= 4 is 11.7 Å². The third-order valence-electron chi connectivity index (χ3n) is 5.57. The number of carbonyl (C=O) groups excluding carboxylic acids is 1. The van der Waals surface area contributed by atoms with Crippen molar-refractivity contribution < 1.29 is 4.79 Å². The van der Waals surface area contributed by atoms with Crippen LogP contribution in [0, 0.1) is 6.92 Å². The summed E-state index contributed by atoms with van der Waals surface area (Å²) >= 11 is 0. The molecule has 1 aromatic carbocycles. The third-order valence-corrected chi connectivity index (χ3v) is 5.57. The van der Waals surface area contributed by atoms with Crippen LogP contribution in [0.25, 0.3) is 0 Å². The molecule has 0 aliphatic carbocycles. The predicted molar refractivity (Wildman–Crippen MR) is 102 cm³/mol. The van der Waals surface area contributed by atoms with Crippen LogP contribution in [0.1, 0.15) is 59.2 Å². The maximum absolute atomic E-state index is 13.1. The van der Waals surface area contributed by atoms with Gasteiger partial charge in [0.1, 0.15) is 5.82 Å². The van der Waals surface area contributed by atoms with E-state index in [1.54, 1.807) is 0 Å². The number of carbonyl (C=O) groups is 1. The summed E-state index contributed by atoms with van der Waals surface area (Å²) in [5.74, 6) is 1.94. The van der Waals surface area contributed by atoms with E-state index in [4.69, 9.17) is 9.97 Å². The molecule has 1 amide bonds. The molecule has 0 spiro atoms. The number of hydrogen-bond donors (Lipinski definition) is 0. The molecule has 1 aromatic heterocycles. The van der Waals surface area contributed by atoms with E-state index in [1.165, 1.54) is 5.56 Å². The van der Waals surface area contributed by atoms with Crippen molar-refractivity contribution in [1.82, 2.24) is 14.9 Å². The molecule has 26 heavy (non-hydrogen) atoms. The zero-order valence-corrected chi connectivity index (χ0v) is 15.6. The van der Waals surface area contributed by atoms with Crippen molar-refractivity contribution in [2.75, 3.05) is 25.0 Å². The lowest BCUT2D eigenvalue weighted by molar-refractivity contribution is 0.0599. The zero-order chi connectivity index (χ0) is 18.1. The SMILES string of the molecule is Cc1nc([C@@H]2CCCCN2C(=O)c2ccccc2)nc2c1CCCN2C. The van der Waals surface area contributed by atoms with Crippen molar-refractivity contribution in [2.45, 2.75) is 45.1 Å². The fourth-order valence-electron chi connectivity index (χ4n) is 4.15. The molecule has 0 saturated carbocycles. The summed E-state index contributed by atoms with van der Waals surface area (Å²) in [5.41, 5.74) is 3.07. The summed E-state index contributed by atoms with van der Waals surface area (Å²) < 4.78 is 0. The number of likely N-dealkylation sites (tertiary alicyclic amines) is 1. The van der Waals surface area contributed by atoms with Gasteiger partial charge in [0.25, 0.3) is 5.91 Å². The molecule has 0 N–H and O–H groups in total. The Labute approximate surface area is 155 Å². The van der Waals surface area contributed by atoms with E-state index in [2.05, 4.69) is 18.9 Å². The average molecular weight is 350 g/mol. The van der Waals surface area contributed by atoms with Gasteiger partial charge < -0.3 is 9.80 Å². The number of fused-ring (bicyclic) bond motifs is 1. The van der Waals surface area contributed by atoms with Crippen LogP contribution < -0.4 is 4.90 Å². The highest BCUT2D eigenvalue weighted by molar-refractivity contribution is 5.94. The molecular formula is C21H26N4O. The minimum Gasteiger partial charge on any atom is -0.359 e. The lowest BCUT2D eigenvalue weighted by Crippen LogP contribution is -2.40. The maximum atomic E-state index is 13.1.